The van der Waals surface area contributed by atoms with Crippen LogP contribution in [0.1, 0.15) is 37.7 Å². The van der Waals surface area contributed by atoms with E-state index < -0.39 is 0 Å². The molecule has 0 fully saturated rings. The fraction of sp³-hybridized carbons (Fsp3) is 0.571. The summed E-state index contributed by atoms with van der Waals surface area (Å²) in [7, 11) is 0. The second-order valence-corrected chi connectivity index (χ2v) is 4.45. The molecule has 0 saturated heterocycles. The minimum Gasteiger partial charge on any atom is -0.459 e. The topological polar surface area (TPSA) is 78.7 Å². The van der Waals surface area contributed by atoms with Crippen molar-refractivity contribution < 1.29 is 9.21 Å². The van der Waals surface area contributed by atoms with Gasteiger partial charge in [0.25, 0.3) is 5.91 Å². The normalized spacial score (nSPS) is 12.8. The number of nitrogens with zero attached hydrogens (tertiary/aromatic N) is 1. The number of hydrogen-bond acceptors (Lipinski definition) is 3. The smallest absolute Gasteiger partial charge is 0.287 e. The maximum absolute atomic E-state index is 11.6. The number of rotatable bonds is 7. The van der Waals surface area contributed by atoms with Gasteiger partial charge in [-0.15, -0.1) is 0 Å². The maximum atomic E-state index is 11.6. The Kier molecular flexibility index (Phi) is 7.24. The lowest BCUT2D eigenvalue weighted by Crippen LogP contribution is -2.42. The van der Waals surface area contributed by atoms with Crippen molar-refractivity contribution in [1.82, 2.24) is 16.0 Å². The second-order valence-electron chi connectivity index (χ2n) is 4.45. The minimum absolute atomic E-state index is 0.218. The van der Waals surface area contributed by atoms with Crippen molar-refractivity contribution >= 4 is 11.9 Å². The molecule has 1 atom stereocenters. The Morgan fingerprint density at radius 3 is 2.80 bits per heavy atom. The van der Waals surface area contributed by atoms with Crippen LogP contribution >= 0.6 is 0 Å². The third-order valence-electron chi connectivity index (χ3n) is 2.75. The maximum Gasteiger partial charge on any atom is 0.287 e. The molecule has 0 aliphatic heterocycles. The van der Waals surface area contributed by atoms with Gasteiger partial charge in [0, 0.05) is 19.1 Å². The molecule has 0 aliphatic rings. The summed E-state index contributed by atoms with van der Waals surface area (Å²) in [6, 6.07) is 3.69. The quantitative estimate of drug-likeness (QED) is 0.400. The first-order valence-electron chi connectivity index (χ1n) is 7.03. The van der Waals surface area contributed by atoms with Crippen LogP contribution in [-0.4, -0.2) is 37.5 Å². The molecule has 1 heterocycles. The van der Waals surface area contributed by atoms with Crippen LogP contribution in [0.4, 0.5) is 0 Å². The summed E-state index contributed by atoms with van der Waals surface area (Å²) < 4.78 is 5.01. The molecule has 1 rings (SSSR count). The summed E-state index contributed by atoms with van der Waals surface area (Å²) in [5, 5.41) is 9.22. The Morgan fingerprint density at radius 1 is 1.40 bits per heavy atom. The molecule has 1 aromatic heterocycles. The van der Waals surface area contributed by atoms with E-state index in [2.05, 4.69) is 34.8 Å². The van der Waals surface area contributed by atoms with Crippen LogP contribution in [0.2, 0.25) is 0 Å². The number of hydrogen-bond donors (Lipinski definition) is 3. The molecule has 0 saturated carbocycles. The van der Waals surface area contributed by atoms with E-state index in [1.165, 1.54) is 6.26 Å². The summed E-state index contributed by atoms with van der Waals surface area (Å²) in [5.74, 6) is 0.873. The molecule has 6 nitrogen and oxygen atoms in total. The van der Waals surface area contributed by atoms with Gasteiger partial charge in [0.05, 0.1) is 12.8 Å². The van der Waals surface area contributed by atoms with E-state index in [1.54, 1.807) is 12.1 Å². The van der Waals surface area contributed by atoms with Gasteiger partial charge in [-0.25, -0.2) is 0 Å². The number of carbonyl (C=O) groups is 1. The molecule has 0 spiro atoms. The molecule has 0 aromatic carbocycles. The van der Waals surface area contributed by atoms with Crippen LogP contribution in [-0.2, 0) is 0 Å². The van der Waals surface area contributed by atoms with Crippen LogP contribution in [0.15, 0.2) is 27.8 Å². The Bertz CT molecular complexity index is 415. The van der Waals surface area contributed by atoms with Crippen molar-refractivity contribution in [2.75, 3.05) is 19.6 Å². The van der Waals surface area contributed by atoms with Gasteiger partial charge in [-0.05, 0) is 32.4 Å². The summed E-state index contributed by atoms with van der Waals surface area (Å²) in [4.78, 5) is 16.0. The molecular formula is C14H24N4O2. The van der Waals surface area contributed by atoms with E-state index in [9.17, 15) is 4.79 Å². The predicted molar refractivity (Wildman–Crippen MR) is 79.9 cm³/mol. The van der Waals surface area contributed by atoms with Crippen LogP contribution in [0.3, 0.4) is 0 Å². The number of furan rings is 1. The Morgan fingerprint density at radius 2 is 2.20 bits per heavy atom. The summed E-state index contributed by atoms with van der Waals surface area (Å²) in [5.41, 5.74) is 0. The van der Waals surface area contributed by atoms with Crippen LogP contribution < -0.4 is 16.0 Å². The lowest BCUT2D eigenvalue weighted by Gasteiger charge is -2.16. The van der Waals surface area contributed by atoms with Crippen molar-refractivity contribution in [3.8, 4) is 0 Å². The van der Waals surface area contributed by atoms with Gasteiger partial charge in [-0.3, -0.25) is 9.79 Å². The standard InChI is InChI=1S/C14H24N4O2/c1-4-11(3)18-14(15-5-2)17-9-8-16-13(19)12-7-6-10-20-12/h6-7,10-11H,4-5,8-9H2,1-3H3,(H,16,19)(H2,15,17,18). The molecule has 0 bridgehead atoms. The minimum atomic E-state index is -0.218. The van der Waals surface area contributed by atoms with Gasteiger partial charge < -0.3 is 20.4 Å². The highest BCUT2D eigenvalue weighted by Crippen LogP contribution is 1.98. The average molecular weight is 280 g/mol. The van der Waals surface area contributed by atoms with E-state index in [1.807, 2.05) is 6.92 Å². The highest BCUT2D eigenvalue weighted by Gasteiger charge is 2.06. The Labute approximate surface area is 120 Å². The van der Waals surface area contributed by atoms with E-state index in [0.29, 0.717) is 24.9 Å². The van der Waals surface area contributed by atoms with Crippen molar-refractivity contribution in [3.63, 3.8) is 0 Å². The van der Waals surface area contributed by atoms with Gasteiger partial charge in [-0.1, -0.05) is 6.92 Å². The second kappa shape index (κ2) is 9.01. The fourth-order valence-electron chi connectivity index (χ4n) is 1.49. The van der Waals surface area contributed by atoms with E-state index in [0.717, 1.165) is 18.9 Å². The summed E-state index contributed by atoms with van der Waals surface area (Å²) >= 11 is 0. The number of carbonyl (C=O) groups excluding carboxylic acids is 1. The van der Waals surface area contributed by atoms with Crippen LogP contribution in [0, 0.1) is 0 Å². The zero-order valence-electron chi connectivity index (χ0n) is 12.4. The molecular weight excluding hydrogens is 256 g/mol. The van der Waals surface area contributed by atoms with Crippen molar-refractivity contribution in [3.05, 3.63) is 24.2 Å². The van der Waals surface area contributed by atoms with Crippen molar-refractivity contribution in [1.29, 1.82) is 0 Å². The molecule has 1 aromatic rings. The fourth-order valence-corrected chi connectivity index (χ4v) is 1.49. The first-order valence-corrected chi connectivity index (χ1v) is 7.03. The lowest BCUT2D eigenvalue weighted by molar-refractivity contribution is 0.0927. The predicted octanol–water partition coefficient (Wildman–Crippen LogP) is 1.36. The molecule has 0 aliphatic carbocycles. The average Bonchev–Trinajstić information content (AvgIpc) is 2.97. The summed E-state index contributed by atoms with van der Waals surface area (Å²) in [6.07, 6.45) is 2.51. The van der Waals surface area contributed by atoms with E-state index >= 15 is 0 Å². The zero-order valence-corrected chi connectivity index (χ0v) is 12.4. The Balaban J connectivity index is 2.34. The first kappa shape index (κ1) is 16.1. The van der Waals surface area contributed by atoms with E-state index in [-0.39, 0.29) is 5.91 Å². The monoisotopic (exact) mass is 280 g/mol. The lowest BCUT2D eigenvalue weighted by atomic mass is 10.3. The van der Waals surface area contributed by atoms with Crippen LogP contribution in [0.25, 0.3) is 0 Å². The third kappa shape index (κ3) is 5.77. The Hall–Kier alpha value is -1.98. The molecule has 112 valence electrons. The van der Waals surface area contributed by atoms with Crippen molar-refractivity contribution in [2.45, 2.75) is 33.2 Å². The van der Waals surface area contributed by atoms with Gasteiger partial charge in [0.2, 0.25) is 0 Å². The first-order chi connectivity index (χ1) is 9.67. The largest absolute Gasteiger partial charge is 0.459 e. The third-order valence-corrected chi connectivity index (χ3v) is 2.75. The number of amides is 1. The van der Waals surface area contributed by atoms with E-state index in [4.69, 9.17) is 4.42 Å². The number of guanidine groups is 1. The van der Waals surface area contributed by atoms with Gasteiger partial charge in [-0.2, -0.15) is 0 Å². The number of nitrogens with one attached hydrogen (secondary N) is 3. The van der Waals surface area contributed by atoms with Crippen LogP contribution in [0.5, 0.6) is 0 Å². The van der Waals surface area contributed by atoms with Gasteiger partial charge in [0.1, 0.15) is 0 Å². The van der Waals surface area contributed by atoms with Gasteiger partial charge >= 0.3 is 0 Å². The molecule has 6 heteroatoms. The molecule has 0 radical (unpaired) electrons. The molecule has 20 heavy (non-hydrogen) atoms. The zero-order chi connectivity index (χ0) is 14.8. The molecule has 3 N–H and O–H groups in total. The molecule has 1 unspecified atom stereocenters. The highest BCUT2D eigenvalue weighted by atomic mass is 16.3. The summed E-state index contributed by atoms with van der Waals surface area (Å²) in [6.45, 7) is 8.03. The van der Waals surface area contributed by atoms with Gasteiger partial charge in [0.15, 0.2) is 11.7 Å². The number of aliphatic imine (C=N–C) groups is 1. The SMILES string of the molecule is CCNC(=NCCNC(=O)c1ccco1)NC(C)CC. The molecule has 1 amide bonds. The van der Waals surface area contributed by atoms with Crippen molar-refractivity contribution in [2.24, 2.45) is 4.99 Å². The highest BCUT2D eigenvalue weighted by molar-refractivity contribution is 5.91.